The van der Waals surface area contributed by atoms with Crippen molar-refractivity contribution in [1.82, 2.24) is 20.0 Å². The number of aromatic nitrogens is 4. The van der Waals surface area contributed by atoms with E-state index in [2.05, 4.69) is 38.4 Å². The monoisotopic (exact) mass is 338 g/mol. The van der Waals surface area contributed by atoms with Crippen LogP contribution in [0.2, 0.25) is 0 Å². The van der Waals surface area contributed by atoms with Gasteiger partial charge in [0.15, 0.2) is 5.82 Å². The molecule has 2 aromatic heterocycles. The minimum atomic E-state index is 0.717. The van der Waals surface area contributed by atoms with Crippen molar-refractivity contribution >= 4 is 37.9 Å². The minimum Gasteiger partial charge on any atom is -0.228 e. The highest BCUT2D eigenvalue weighted by atomic mass is 79.9. The first kappa shape index (κ1) is 12.5. The number of para-hydroxylation sites is 2. The zero-order valence-electron chi connectivity index (χ0n) is 11.1. The molecule has 0 aliphatic carbocycles. The molecular formula is C16H11BrN4. The maximum Gasteiger partial charge on any atom is 0.160 e. The number of fused-ring (bicyclic) bond motifs is 2. The first-order chi connectivity index (χ1) is 10.4. The van der Waals surface area contributed by atoms with Gasteiger partial charge in [-0.2, -0.15) is 4.68 Å². The summed E-state index contributed by atoms with van der Waals surface area (Å²) in [6.07, 6.45) is 0. The normalized spacial score (nSPS) is 11.3. The first-order valence-corrected chi connectivity index (χ1v) is 7.74. The minimum absolute atomic E-state index is 0.717. The van der Waals surface area contributed by atoms with Crippen LogP contribution in [0.25, 0.3) is 27.8 Å². The van der Waals surface area contributed by atoms with Crippen molar-refractivity contribution in [3.05, 3.63) is 60.2 Å². The quantitative estimate of drug-likeness (QED) is 0.521. The second kappa shape index (κ2) is 4.93. The number of nitrogens with zero attached hydrogens (tertiary/aromatic N) is 4. The van der Waals surface area contributed by atoms with Gasteiger partial charge in [-0.15, -0.1) is 5.10 Å². The Labute approximate surface area is 129 Å². The van der Waals surface area contributed by atoms with E-state index in [9.17, 15) is 0 Å². The Morgan fingerprint density at radius 3 is 2.57 bits per heavy atom. The average molecular weight is 339 g/mol. The van der Waals surface area contributed by atoms with Crippen LogP contribution in [0.5, 0.6) is 0 Å². The molecule has 4 aromatic rings. The van der Waals surface area contributed by atoms with Crippen molar-refractivity contribution < 1.29 is 0 Å². The highest BCUT2D eigenvalue weighted by Gasteiger charge is 2.12. The standard InChI is InChI=1S/C16H11BrN4/c17-10-12-9-11-5-1-2-6-13(11)18-16(12)21-15-8-4-3-7-14(15)19-20-21/h1-9H,10H2. The summed E-state index contributed by atoms with van der Waals surface area (Å²) in [4.78, 5) is 4.77. The zero-order chi connectivity index (χ0) is 14.2. The lowest BCUT2D eigenvalue weighted by molar-refractivity contribution is 0.799. The molecule has 0 spiro atoms. The summed E-state index contributed by atoms with van der Waals surface area (Å²) in [6.45, 7) is 0. The van der Waals surface area contributed by atoms with Crippen LogP contribution in [0.1, 0.15) is 5.56 Å². The average Bonchev–Trinajstić information content (AvgIpc) is 2.97. The van der Waals surface area contributed by atoms with Crippen LogP contribution in [0.4, 0.5) is 0 Å². The maximum atomic E-state index is 4.77. The summed E-state index contributed by atoms with van der Waals surface area (Å²) in [5.74, 6) is 0.819. The van der Waals surface area contributed by atoms with Crippen LogP contribution in [-0.2, 0) is 5.33 Å². The Hall–Kier alpha value is -2.27. The molecule has 4 rings (SSSR count). The number of hydrogen-bond acceptors (Lipinski definition) is 3. The molecule has 0 N–H and O–H groups in total. The van der Waals surface area contributed by atoms with Gasteiger partial charge in [-0.1, -0.05) is 51.5 Å². The first-order valence-electron chi connectivity index (χ1n) is 6.62. The Balaban J connectivity index is 2.04. The molecule has 21 heavy (non-hydrogen) atoms. The van der Waals surface area contributed by atoms with Gasteiger partial charge in [-0.25, -0.2) is 4.98 Å². The molecule has 0 bridgehead atoms. The number of hydrogen-bond donors (Lipinski definition) is 0. The third kappa shape index (κ3) is 2.01. The van der Waals surface area contributed by atoms with Gasteiger partial charge in [0.05, 0.1) is 11.0 Å². The lowest BCUT2D eigenvalue weighted by Gasteiger charge is -2.08. The van der Waals surface area contributed by atoms with Crippen molar-refractivity contribution in [1.29, 1.82) is 0 Å². The largest absolute Gasteiger partial charge is 0.228 e. The van der Waals surface area contributed by atoms with Crippen LogP contribution < -0.4 is 0 Å². The van der Waals surface area contributed by atoms with E-state index in [-0.39, 0.29) is 0 Å². The number of benzene rings is 2. The highest BCUT2D eigenvalue weighted by Crippen LogP contribution is 2.23. The fourth-order valence-corrected chi connectivity index (χ4v) is 2.87. The van der Waals surface area contributed by atoms with Crippen LogP contribution in [-0.4, -0.2) is 20.0 Å². The lowest BCUT2D eigenvalue weighted by Crippen LogP contribution is -2.04. The second-order valence-corrected chi connectivity index (χ2v) is 5.35. The van der Waals surface area contributed by atoms with Gasteiger partial charge in [-0.05, 0) is 24.3 Å². The molecule has 0 amide bonds. The SMILES string of the molecule is BrCc1cc2ccccc2nc1-n1nnc2ccccc21. The van der Waals surface area contributed by atoms with E-state index in [0.29, 0.717) is 5.33 Å². The summed E-state index contributed by atoms with van der Waals surface area (Å²) in [5, 5.41) is 10.3. The summed E-state index contributed by atoms with van der Waals surface area (Å²) < 4.78 is 1.80. The predicted octanol–water partition coefficient (Wildman–Crippen LogP) is 3.86. The predicted molar refractivity (Wildman–Crippen MR) is 86.8 cm³/mol. The molecule has 2 heterocycles. The molecule has 0 aliphatic heterocycles. The number of alkyl halides is 1. The Morgan fingerprint density at radius 1 is 0.952 bits per heavy atom. The summed E-state index contributed by atoms with van der Waals surface area (Å²) in [5.41, 5.74) is 3.87. The van der Waals surface area contributed by atoms with Crippen molar-refractivity contribution in [2.75, 3.05) is 0 Å². The summed E-state index contributed by atoms with van der Waals surface area (Å²) >= 11 is 3.54. The van der Waals surface area contributed by atoms with E-state index in [1.165, 1.54) is 0 Å². The Bertz CT molecular complexity index is 945. The molecule has 4 nitrogen and oxygen atoms in total. The third-order valence-corrected chi connectivity index (χ3v) is 4.08. The molecule has 0 saturated carbocycles. The van der Waals surface area contributed by atoms with Crippen molar-refractivity contribution in [3.8, 4) is 5.82 Å². The van der Waals surface area contributed by atoms with Gasteiger partial charge in [0.1, 0.15) is 5.52 Å². The smallest absolute Gasteiger partial charge is 0.160 e. The van der Waals surface area contributed by atoms with Gasteiger partial charge >= 0.3 is 0 Å². The molecule has 5 heteroatoms. The van der Waals surface area contributed by atoms with Gasteiger partial charge in [0.25, 0.3) is 0 Å². The van der Waals surface area contributed by atoms with E-state index in [0.717, 1.165) is 33.3 Å². The Kier molecular flexibility index (Phi) is 2.93. The van der Waals surface area contributed by atoms with Gasteiger partial charge in [-0.3, -0.25) is 0 Å². The molecule has 0 atom stereocenters. The maximum absolute atomic E-state index is 4.77. The van der Waals surface area contributed by atoms with Crippen LogP contribution in [0.15, 0.2) is 54.6 Å². The number of pyridine rings is 1. The van der Waals surface area contributed by atoms with E-state index >= 15 is 0 Å². The fourth-order valence-electron chi connectivity index (χ4n) is 2.46. The number of halogens is 1. The van der Waals surface area contributed by atoms with Crippen molar-refractivity contribution in [3.63, 3.8) is 0 Å². The van der Waals surface area contributed by atoms with E-state index < -0.39 is 0 Å². The summed E-state index contributed by atoms with van der Waals surface area (Å²) in [7, 11) is 0. The molecule has 102 valence electrons. The third-order valence-electron chi connectivity index (χ3n) is 3.48. The Morgan fingerprint density at radius 2 is 1.71 bits per heavy atom. The molecule has 0 aliphatic rings. The molecule has 0 fully saturated rings. The second-order valence-electron chi connectivity index (χ2n) is 4.79. The van der Waals surface area contributed by atoms with Crippen LogP contribution >= 0.6 is 15.9 Å². The fraction of sp³-hybridized carbons (Fsp3) is 0.0625. The van der Waals surface area contributed by atoms with Crippen LogP contribution in [0, 0.1) is 0 Å². The topological polar surface area (TPSA) is 43.6 Å². The van der Waals surface area contributed by atoms with Gasteiger partial charge < -0.3 is 0 Å². The van der Waals surface area contributed by atoms with Gasteiger partial charge in [0, 0.05) is 16.3 Å². The molecule has 0 unspecified atom stereocenters. The van der Waals surface area contributed by atoms with Crippen LogP contribution in [0.3, 0.4) is 0 Å². The molecule has 2 aromatic carbocycles. The highest BCUT2D eigenvalue weighted by molar-refractivity contribution is 9.08. The summed E-state index contributed by atoms with van der Waals surface area (Å²) in [6, 6.07) is 18.1. The van der Waals surface area contributed by atoms with Gasteiger partial charge in [0.2, 0.25) is 0 Å². The molecule has 0 radical (unpaired) electrons. The van der Waals surface area contributed by atoms with Crippen molar-refractivity contribution in [2.45, 2.75) is 5.33 Å². The van der Waals surface area contributed by atoms with E-state index in [4.69, 9.17) is 4.98 Å². The zero-order valence-corrected chi connectivity index (χ0v) is 12.7. The van der Waals surface area contributed by atoms with E-state index in [1.54, 1.807) is 4.68 Å². The van der Waals surface area contributed by atoms with Crippen molar-refractivity contribution in [2.24, 2.45) is 0 Å². The molecule has 0 saturated heterocycles. The van der Waals surface area contributed by atoms with E-state index in [1.807, 2.05) is 42.5 Å². The molecular weight excluding hydrogens is 328 g/mol. The number of rotatable bonds is 2. The lowest BCUT2D eigenvalue weighted by atomic mass is 10.1.